The summed E-state index contributed by atoms with van der Waals surface area (Å²) >= 11 is -2.10. The van der Waals surface area contributed by atoms with E-state index in [2.05, 4.69) is 9.62 Å². The molecule has 24 heavy (non-hydrogen) atoms. The highest BCUT2D eigenvalue weighted by Crippen LogP contribution is 2.17. The zero-order chi connectivity index (χ0) is 16.9. The van der Waals surface area contributed by atoms with Gasteiger partial charge in [-0.05, 0) is 36.6 Å². The van der Waals surface area contributed by atoms with E-state index in [1.165, 1.54) is 0 Å². The normalized spacial score (nSPS) is 23.2. The number of carbonyl (C=O) groups excluding carboxylic acids is 1. The minimum absolute atomic E-state index is 0.00974. The van der Waals surface area contributed by atoms with Gasteiger partial charge in [-0.3, -0.25) is 19.0 Å². The van der Waals surface area contributed by atoms with Gasteiger partial charge in [-0.15, -0.1) is 0 Å². The van der Waals surface area contributed by atoms with E-state index in [1.807, 2.05) is 4.90 Å². The summed E-state index contributed by atoms with van der Waals surface area (Å²) in [5.41, 5.74) is 1.11. The lowest BCUT2D eigenvalue weighted by atomic mass is 10.1. The molecule has 3 rings (SSSR count). The predicted octanol–water partition coefficient (Wildman–Crippen LogP) is 1.03. The zero-order valence-electron chi connectivity index (χ0n) is 13.5. The number of amides is 1. The Morgan fingerprint density at radius 2 is 1.96 bits per heavy atom. The van der Waals surface area contributed by atoms with Crippen molar-refractivity contribution < 1.29 is 18.3 Å². The minimum atomic E-state index is -2.10. The van der Waals surface area contributed by atoms with E-state index in [0.29, 0.717) is 17.2 Å². The van der Waals surface area contributed by atoms with Crippen LogP contribution in [0.4, 0.5) is 5.69 Å². The molecule has 2 heterocycles. The molecule has 0 saturated carbocycles. The van der Waals surface area contributed by atoms with Crippen LogP contribution < -0.4 is 4.72 Å². The van der Waals surface area contributed by atoms with Crippen LogP contribution in [-0.2, 0) is 16.0 Å². The van der Waals surface area contributed by atoms with Gasteiger partial charge in [0.2, 0.25) is 0 Å². The smallest absolute Gasteiger partial charge is 0.259 e. The van der Waals surface area contributed by atoms with Gasteiger partial charge < -0.3 is 9.64 Å². The Morgan fingerprint density at radius 1 is 1.25 bits per heavy atom. The van der Waals surface area contributed by atoms with Crippen LogP contribution in [0.15, 0.2) is 24.3 Å². The number of rotatable bonds is 5. The Labute approximate surface area is 144 Å². The molecule has 8 heteroatoms. The van der Waals surface area contributed by atoms with Gasteiger partial charge >= 0.3 is 0 Å². The van der Waals surface area contributed by atoms with Gasteiger partial charge in [-0.25, -0.2) is 4.21 Å². The van der Waals surface area contributed by atoms with Crippen molar-refractivity contribution in [3.05, 3.63) is 29.8 Å². The van der Waals surface area contributed by atoms with Crippen molar-refractivity contribution in [1.82, 2.24) is 9.80 Å². The fourth-order valence-corrected chi connectivity index (χ4v) is 3.53. The van der Waals surface area contributed by atoms with Crippen LogP contribution in [0.2, 0.25) is 0 Å². The number of ether oxygens (including phenoxy) is 1. The van der Waals surface area contributed by atoms with Crippen molar-refractivity contribution in [3.63, 3.8) is 0 Å². The fourth-order valence-electron chi connectivity index (χ4n) is 3.19. The topological polar surface area (TPSA) is 82.1 Å². The molecule has 1 amide bonds. The molecule has 1 aromatic rings. The van der Waals surface area contributed by atoms with Crippen molar-refractivity contribution in [2.75, 3.05) is 50.7 Å². The Morgan fingerprint density at radius 3 is 2.54 bits per heavy atom. The molecular weight excluding hydrogens is 330 g/mol. The number of piperazine rings is 1. The largest absolute Gasteiger partial charge is 0.381 e. The molecular formula is C16H23N3O4S. The summed E-state index contributed by atoms with van der Waals surface area (Å²) in [6.45, 7) is 6.04. The zero-order valence-corrected chi connectivity index (χ0v) is 14.3. The van der Waals surface area contributed by atoms with Crippen molar-refractivity contribution in [2.24, 2.45) is 5.92 Å². The summed E-state index contributed by atoms with van der Waals surface area (Å²) < 4.78 is 27.3. The molecule has 7 nitrogen and oxygen atoms in total. The Kier molecular flexibility index (Phi) is 5.83. The van der Waals surface area contributed by atoms with Gasteiger partial charge in [0, 0.05) is 50.6 Å². The van der Waals surface area contributed by atoms with Gasteiger partial charge in [0.25, 0.3) is 17.2 Å². The van der Waals surface area contributed by atoms with E-state index in [-0.39, 0.29) is 5.91 Å². The molecule has 2 N–H and O–H groups in total. The lowest BCUT2D eigenvalue weighted by molar-refractivity contribution is 0.0611. The van der Waals surface area contributed by atoms with Gasteiger partial charge in [0.15, 0.2) is 0 Å². The van der Waals surface area contributed by atoms with Crippen LogP contribution in [0, 0.1) is 5.92 Å². The number of hydrogen-bond acceptors (Lipinski definition) is 4. The maximum atomic E-state index is 12.5. The Bertz CT molecular complexity index is 581. The van der Waals surface area contributed by atoms with Gasteiger partial charge in [-0.2, -0.15) is 0 Å². The van der Waals surface area contributed by atoms with Crippen molar-refractivity contribution in [2.45, 2.75) is 6.42 Å². The van der Waals surface area contributed by atoms with E-state index in [9.17, 15) is 9.00 Å². The van der Waals surface area contributed by atoms with E-state index in [4.69, 9.17) is 9.29 Å². The molecule has 0 spiro atoms. The van der Waals surface area contributed by atoms with Crippen molar-refractivity contribution >= 4 is 22.9 Å². The lowest BCUT2D eigenvalue weighted by Crippen LogP contribution is -2.49. The third-order valence-corrected chi connectivity index (χ3v) is 4.95. The molecule has 2 fully saturated rings. The van der Waals surface area contributed by atoms with Crippen LogP contribution in [-0.4, -0.2) is 70.4 Å². The highest BCUT2D eigenvalue weighted by molar-refractivity contribution is 7.80. The van der Waals surface area contributed by atoms with Crippen LogP contribution in [0.3, 0.4) is 0 Å². The minimum Gasteiger partial charge on any atom is -0.381 e. The third kappa shape index (κ3) is 4.54. The average molecular weight is 353 g/mol. The molecule has 0 bridgehead atoms. The average Bonchev–Trinajstić information content (AvgIpc) is 3.08. The quantitative estimate of drug-likeness (QED) is 0.773. The number of benzene rings is 1. The third-order valence-electron chi connectivity index (χ3n) is 4.54. The summed E-state index contributed by atoms with van der Waals surface area (Å²) in [4.78, 5) is 16.8. The summed E-state index contributed by atoms with van der Waals surface area (Å²) in [7, 11) is 0. The molecule has 2 saturated heterocycles. The van der Waals surface area contributed by atoms with Crippen LogP contribution in [0.5, 0.6) is 0 Å². The SMILES string of the molecule is O=C(c1ccc(NS(=O)O)cc1)N1CCN(C[C@H]2CCOC2)CC1. The first kappa shape index (κ1) is 17.3. The maximum Gasteiger partial charge on any atom is 0.259 e. The monoisotopic (exact) mass is 353 g/mol. The molecule has 0 aromatic heterocycles. The molecule has 1 unspecified atom stereocenters. The van der Waals surface area contributed by atoms with Crippen LogP contribution in [0.1, 0.15) is 16.8 Å². The molecule has 2 atom stereocenters. The summed E-state index contributed by atoms with van der Waals surface area (Å²) in [5.74, 6) is 0.639. The van der Waals surface area contributed by atoms with E-state index in [0.717, 1.165) is 52.4 Å². The Balaban J connectivity index is 1.50. The highest BCUT2D eigenvalue weighted by Gasteiger charge is 2.25. The standard InChI is InChI=1S/C16H23N3O4S/c20-16(14-1-3-15(4-2-14)17-24(21)22)19-8-6-18(7-9-19)11-13-5-10-23-12-13/h1-4,13,17H,5-12H2,(H,21,22)/t13-/m1/s1. The van der Waals surface area contributed by atoms with E-state index >= 15 is 0 Å². The van der Waals surface area contributed by atoms with E-state index < -0.39 is 11.3 Å². The fraction of sp³-hybridized carbons (Fsp3) is 0.562. The number of anilines is 1. The summed E-state index contributed by atoms with van der Waals surface area (Å²) in [6, 6.07) is 6.63. The second-order valence-corrected chi connectivity index (χ2v) is 6.95. The second kappa shape index (κ2) is 8.06. The first-order valence-electron chi connectivity index (χ1n) is 8.19. The van der Waals surface area contributed by atoms with Crippen LogP contribution in [0.25, 0.3) is 0 Å². The number of carbonyl (C=O) groups is 1. The lowest BCUT2D eigenvalue weighted by Gasteiger charge is -2.35. The molecule has 132 valence electrons. The van der Waals surface area contributed by atoms with Crippen LogP contribution >= 0.6 is 0 Å². The van der Waals surface area contributed by atoms with Gasteiger partial charge in [0.1, 0.15) is 0 Å². The molecule has 1 aromatic carbocycles. The van der Waals surface area contributed by atoms with Gasteiger partial charge in [0.05, 0.1) is 6.61 Å². The predicted molar refractivity (Wildman–Crippen MR) is 92.1 cm³/mol. The second-order valence-electron chi connectivity index (χ2n) is 6.25. The first-order valence-corrected chi connectivity index (χ1v) is 9.29. The number of nitrogens with one attached hydrogen (secondary N) is 1. The van der Waals surface area contributed by atoms with Crippen molar-refractivity contribution in [3.8, 4) is 0 Å². The molecule has 0 radical (unpaired) electrons. The first-order chi connectivity index (χ1) is 11.6. The maximum absolute atomic E-state index is 12.5. The summed E-state index contributed by atoms with van der Waals surface area (Å²) in [5, 5.41) is 0. The number of nitrogens with zero attached hydrogens (tertiary/aromatic N) is 2. The number of hydrogen-bond donors (Lipinski definition) is 2. The Hall–Kier alpha value is -1.48. The molecule has 2 aliphatic heterocycles. The summed E-state index contributed by atoms with van der Waals surface area (Å²) in [6.07, 6.45) is 1.14. The molecule has 2 aliphatic rings. The van der Waals surface area contributed by atoms with E-state index in [1.54, 1.807) is 24.3 Å². The van der Waals surface area contributed by atoms with Gasteiger partial charge in [-0.1, -0.05) is 0 Å². The van der Waals surface area contributed by atoms with Crippen molar-refractivity contribution in [1.29, 1.82) is 0 Å². The molecule has 0 aliphatic carbocycles. The highest BCUT2D eigenvalue weighted by atomic mass is 32.2.